The molecule has 0 unspecified atom stereocenters. The van der Waals surface area contributed by atoms with Crippen LogP contribution in [0, 0.1) is 0 Å². The Bertz CT molecular complexity index is 2050. The van der Waals surface area contributed by atoms with Gasteiger partial charge < -0.3 is 18.9 Å². The van der Waals surface area contributed by atoms with Gasteiger partial charge in [0.2, 0.25) is 0 Å². The van der Waals surface area contributed by atoms with Crippen molar-refractivity contribution in [2.75, 3.05) is 28.4 Å². The maximum atomic E-state index is 5.90. The van der Waals surface area contributed by atoms with E-state index in [-0.39, 0.29) is 0 Å². The van der Waals surface area contributed by atoms with Gasteiger partial charge in [0, 0.05) is 127 Å². The van der Waals surface area contributed by atoms with Crippen LogP contribution in [0.3, 0.4) is 0 Å². The van der Waals surface area contributed by atoms with Gasteiger partial charge in [-0.25, -0.2) is 0 Å². The Morgan fingerprint density at radius 3 is 0.633 bits per heavy atom. The Morgan fingerprint density at radius 1 is 0.283 bits per heavy atom. The highest BCUT2D eigenvalue weighted by Gasteiger charge is 2.22. The first-order chi connectivity index (χ1) is 29.3. The number of hydrogen-bond acceptors (Lipinski definition) is 14. The van der Waals surface area contributed by atoms with E-state index in [9.17, 15) is 0 Å². The van der Waals surface area contributed by atoms with Crippen LogP contribution < -0.4 is 18.9 Å². The molecule has 0 spiro atoms. The molecule has 0 saturated heterocycles. The van der Waals surface area contributed by atoms with E-state index in [4.69, 9.17) is 48.9 Å². The summed E-state index contributed by atoms with van der Waals surface area (Å²) >= 11 is 0. The maximum Gasteiger partial charge on any atom is 0.122 e. The first-order valence-corrected chi connectivity index (χ1v) is 20.3. The van der Waals surface area contributed by atoms with Crippen LogP contribution in [0.2, 0.25) is 0 Å². The van der Waals surface area contributed by atoms with Crippen molar-refractivity contribution >= 4 is 0 Å². The molecule has 10 heterocycles. The van der Waals surface area contributed by atoms with E-state index >= 15 is 0 Å². The third kappa shape index (κ3) is 9.69. The number of aromatic nitrogens is 6. The van der Waals surface area contributed by atoms with Crippen LogP contribution in [-0.2, 0) is 78.5 Å². The molecule has 4 aliphatic heterocycles. The SMILES string of the molecule is COc1cc2nc(c1)CN1Cc3cccc(n3)CN3Cc4cc(OC)cc(n4)CN(Cc4cccc(n4)CN(Cc4cc(OC)cc(n4)C1)Cc1cc(OC)cc(n1)C3)C2. The average molecular weight is 807 g/mol. The molecular weight excluding hydrogens is 757 g/mol. The van der Waals surface area contributed by atoms with E-state index in [1.54, 1.807) is 28.4 Å². The molecule has 16 bridgehead atoms. The van der Waals surface area contributed by atoms with E-state index in [0.29, 0.717) is 78.5 Å². The van der Waals surface area contributed by atoms with Gasteiger partial charge in [-0.15, -0.1) is 0 Å². The summed E-state index contributed by atoms with van der Waals surface area (Å²) in [5.74, 6) is 3.00. The Balaban J connectivity index is 1.28. The number of methoxy groups -OCH3 is 4. The van der Waals surface area contributed by atoms with E-state index < -0.39 is 0 Å². The Morgan fingerprint density at radius 2 is 0.450 bits per heavy atom. The fraction of sp³-hybridized carbons (Fsp3) is 0.348. The molecule has 308 valence electrons. The van der Waals surface area contributed by atoms with Crippen molar-refractivity contribution in [2.45, 2.75) is 78.5 Å². The lowest BCUT2D eigenvalue weighted by molar-refractivity contribution is 0.217. The van der Waals surface area contributed by atoms with E-state index in [1.807, 2.05) is 48.5 Å². The summed E-state index contributed by atoms with van der Waals surface area (Å²) in [5, 5.41) is 0. The van der Waals surface area contributed by atoms with Gasteiger partial charge in [-0.3, -0.25) is 49.5 Å². The number of pyridine rings is 6. The molecule has 0 amide bonds. The predicted molar refractivity (Wildman–Crippen MR) is 223 cm³/mol. The summed E-state index contributed by atoms with van der Waals surface area (Å²) in [6.45, 7) is 6.56. The number of rotatable bonds is 4. The smallest absolute Gasteiger partial charge is 0.122 e. The highest BCUT2D eigenvalue weighted by molar-refractivity contribution is 5.32. The van der Waals surface area contributed by atoms with Crippen LogP contribution in [0.15, 0.2) is 84.9 Å². The molecule has 0 aliphatic carbocycles. The molecule has 10 rings (SSSR count). The molecule has 0 atom stereocenters. The van der Waals surface area contributed by atoms with Gasteiger partial charge in [-0.2, -0.15) is 0 Å². The molecule has 14 heteroatoms. The third-order valence-electron chi connectivity index (χ3n) is 10.9. The standard InChI is InChI=1S/C46H50N10O4/c1-57-43-11-35-23-53-19-31-7-5-10-34(47-31)22-56-28-40-16-45(59-3)14-38(51-40)26-54(24-36(12-43)49-35)20-32-8-6-9-33(48-32)21-55(27-39-15-44(58-2)13-37(25-53)50-39)29-41-17-46(60-4)18-42(30-56)52-41/h5-18H,19-30H2,1-4H3. The molecule has 6 aromatic rings. The Kier molecular flexibility index (Phi) is 11.6. The average Bonchev–Trinajstić information content (AvgIpc) is 3.22. The first-order valence-electron chi connectivity index (χ1n) is 20.3. The van der Waals surface area contributed by atoms with Crippen molar-refractivity contribution < 1.29 is 18.9 Å². The van der Waals surface area contributed by atoms with Gasteiger partial charge in [0.1, 0.15) is 23.0 Å². The predicted octanol–water partition coefficient (Wildman–Crippen LogP) is 5.84. The lowest BCUT2D eigenvalue weighted by Crippen LogP contribution is -2.29. The highest BCUT2D eigenvalue weighted by atomic mass is 16.5. The molecule has 6 aromatic heterocycles. The number of nitrogens with zero attached hydrogens (tertiary/aromatic N) is 10. The molecule has 14 nitrogen and oxygen atoms in total. The zero-order chi connectivity index (χ0) is 41.0. The molecule has 0 aromatic carbocycles. The fourth-order valence-electron chi connectivity index (χ4n) is 8.43. The van der Waals surface area contributed by atoms with Crippen molar-refractivity contribution in [2.24, 2.45) is 0 Å². The normalized spacial score (nSPS) is 20.2. The van der Waals surface area contributed by atoms with Gasteiger partial charge in [-0.1, -0.05) is 12.1 Å². The molecule has 0 fully saturated rings. The Labute approximate surface area is 350 Å². The zero-order valence-corrected chi connectivity index (χ0v) is 34.7. The van der Waals surface area contributed by atoms with Crippen LogP contribution in [0.4, 0.5) is 0 Å². The second-order valence-electron chi connectivity index (χ2n) is 15.8. The zero-order valence-electron chi connectivity index (χ0n) is 34.7. The van der Waals surface area contributed by atoms with Crippen molar-refractivity contribution in [3.05, 3.63) is 153 Å². The minimum absolute atomic E-state index is 0.537. The molecule has 4 aliphatic rings. The molecule has 0 N–H and O–H groups in total. The lowest BCUT2D eigenvalue weighted by Gasteiger charge is -2.27. The summed E-state index contributed by atoms with van der Waals surface area (Å²) in [7, 11) is 6.83. The van der Waals surface area contributed by atoms with Crippen molar-refractivity contribution in [1.82, 2.24) is 49.5 Å². The van der Waals surface area contributed by atoms with Gasteiger partial charge in [0.15, 0.2) is 0 Å². The maximum absolute atomic E-state index is 5.90. The lowest BCUT2D eigenvalue weighted by atomic mass is 10.1. The summed E-state index contributed by atoms with van der Waals surface area (Å²) in [5.41, 5.74) is 10.9. The van der Waals surface area contributed by atoms with Crippen molar-refractivity contribution in [3.8, 4) is 23.0 Å². The van der Waals surface area contributed by atoms with Gasteiger partial charge in [0.05, 0.1) is 96.8 Å². The minimum Gasteiger partial charge on any atom is -0.497 e. The van der Waals surface area contributed by atoms with Gasteiger partial charge >= 0.3 is 0 Å². The largest absolute Gasteiger partial charge is 0.497 e. The fourth-order valence-corrected chi connectivity index (χ4v) is 8.43. The van der Waals surface area contributed by atoms with E-state index in [0.717, 1.165) is 91.3 Å². The quantitative estimate of drug-likeness (QED) is 0.212. The van der Waals surface area contributed by atoms with Crippen LogP contribution in [0.5, 0.6) is 23.0 Å². The van der Waals surface area contributed by atoms with Crippen LogP contribution in [0.1, 0.15) is 68.3 Å². The van der Waals surface area contributed by atoms with Crippen molar-refractivity contribution in [3.63, 3.8) is 0 Å². The second-order valence-corrected chi connectivity index (χ2v) is 15.8. The van der Waals surface area contributed by atoms with Gasteiger partial charge in [-0.05, 0) is 24.3 Å². The van der Waals surface area contributed by atoms with Crippen LogP contribution in [-0.4, -0.2) is 77.9 Å². The molecular formula is C46H50N10O4. The van der Waals surface area contributed by atoms with E-state index in [1.165, 1.54) is 0 Å². The van der Waals surface area contributed by atoms with E-state index in [2.05, 4.69) is 56.0 Å². The molecule has 0 radical (unpaired) electrons. The summed E-state index contributed by atoms with van der Waals surface area (Å²) in [6, 6.07) is 28.8. The summed E-state index contributed by atoms with van der Waals surface area (Å²) < 4.78 is 23.6. The first kappa shape index (κ1) is 39.4. The van der Waals surface area contributed by atoms with Crippen LogP contribution >= 0.6 is 0 Å². The summed E-state index contributed by atoms with van der Waals surface area (Å²) in [4.78, 5) is 41.0. The molecule has 60 heavy (non-hydrogen) atoms. The third-order valence-corrected chi connectivity index (χ3v) is 10.9. The second kappa shape index (κ2) is 17.7. The van der Waals surface area contributed by atoms with Crippen molar-refractivity contribution in [1.29, 1.82) is 0 Å². The minimum atomic E-state index is 0.537. The monoisotopic (exact) mass is 806 g/mol. The Hall–Kier alpha value is -6.06. The topological polar surface area (TPSA) is 127 Å². The van der Waals surface area contributed by atoms with Crippen LogP contribution in [0.25, 0.3) is 0 Å². The molecule has 0 saturated carbocycles. The summed E-state index contributed by atoms with van der Waals surface area (Å²) in [6.07, 6.45) is 0. The van der Waals surface area contributed by atoms with Gasteiger partial charge in [0.25, 0.3) is 0 Å². The highest BCUT2D eigenvalue weighted by Crippen LogP contribution is 2.27. The number of ether oxygens (including phenoxy) is 4. The number of hydrogen-bond donors (Lipinski definition) is 0.